The fourth-order valence-electron chi connectivity index (χ4n) is 1.28. The molecule has 1 aromatic rings. The Kier molecular flexibility index (Phi) is 7.50. The summed E-state index contributed by atoms with van der Waals surface area (Å²) in [6.07, 6.45) is -1.28. The maximum absolute atomic E-state index is 10.5. The lowest BCUT2D eigenvalue weighted by molar-refractivity contribution is -0.137. The first-order valence-corrected chi connectivity index (χ1v) is 5.40. The van der Waals surface area contributed by atoms with Crippen LogP contribution in [0.3, 0.4) is 0 Å². The third-order valence-corrected chi connectivity index (χ3v) is 2.30. The van der Waals surface area contributed by atoms with Crippen molar-refractivity contribution in [3.8, 4) is 0 Å². The quantitative estimate of drug-likeness (QED) is 0.661. The molecule has 0 aromatic heterocycles. The number of primary amides is 1. The average molecular weight is 275 g/mol. The van der Waals surface area contributed by atoms with Gasteiger partial charge in [-0.2, -0.15) is 0 Å². The van der Waals surface area contributed by atoms with Crippen LogP contribution in [0.4, 0.5) is 4.79 Å². The number of carboxylic acid groups (broad SMARTS) is 2. The van der Waals surface area contributed by atoms with Crippen molar-refractivity contribution >= 4 is 23.7 Å². The van der Waals surface area contributed by atoms with E-state index < -0.39 is 12.1 Å². The van der Waals surface area contributed by atoms with Crippen LogP contribution in [0.25, 0.3) is 0 Å². The molecule has 0 radical (unpaired) electrons. The van der Waals surface area contributed by atoms with E-state index >= 15 is 0 Å². The smallest absolute Gasteiger partial charge is 0.402 e. The predicted octanol–water partition coefficient (Wildman–Crippen LogP) is 1.48. The van der Waals surface area contributed by atoms with Crippen molar-refractivity contribution in [2.24, 2.45) is 11.5 Å². The summed E-state index contributed by atoms with van der Waals surface area (Å²) in [5.74, 6) is -0.972. The minimum atomic E-state index is -1.33. The molecule has 1 atom stereocenters. The van der Waals surface area contributed by atoms with Crippen LogP contribution in [-0.4, -0.2) is 28.8 Å². The molecule has 18 heavy (non-hydrogen) atoms. The van der Waals surface area contributed by atoms with Crippen LogP contribution >= 0.6 is 11.6 Å². The highest BCUT2D eigenvalue weighted by Crippen LogP contribution is 2.20. The zero-order valence-electron chi connectivity index (χ0n) is 9.54. The Morgan fingerprint density at radius 3 is 2.00 bits per heavy atom. The zero-order valence-corrected chi connectivity index (χ0v) is 10.3. The third kappa shape index (κ3) is 7.48. The van der Waals surface area contributed by atoms with E-state index in [0.29, 0.717) is 11.6 Å². The second-order valence-electron chi connectivity index (χ2n) is 3.42. The van der Waals surface area contributed by atoms with Gasteiger partial charge in [0, 0.05) is 10.9 Å². The molecule has 0 spiro atoms. The van der Waals surface area contributed by atoms with Crippen molar-refractivity contribution in [1.29, 1.82) is 0 Å². The summed E-state index contributed by atoms with van der Waals surface area (Å²) in [6.45, 7) is 0.327. The second-order valence-corrected chi connectivity index (χ2v) is 3.86. The Morgan fingerprint density at radius 1 is 1.22 bits per heavy atom. The van der Waals surface area contributed by atoms with Crippen molar-refractivity contribution in [3.05, 3.63) is 34.9 Å². The maximum atomic E-state index is 10.5. The van der Waals surface area contributed by atoms with Gasteiger partial charge < -0.3 is 21.7 Å². The molecule has 0 bridgehead atoms. The summed E-state index contributed by atoms with van der Waals surface area (Å²) in [5.41, 5.74) is 10.4. The normalized spacial score (nSPS) is 11.0. The number of nitrogens with two attached hydrogens (primary N) is 2. The number of rotatable bonds is 4. The number of hydrogen-bond donors (Lipinski definition) is 4. The monoisotopic (exact) mass is 274 g/mol. The molecule has 1 aromatic carbocycles. The Morgan fingerprint density at radius 2 is 1.67 bits per heavy atom. The predicted molar refractivity (Wildman–Crippen MR) is 67.7 cm³/mol. The lowest BCUT2D eigenvalue weighted by Crippen LogP contribution is -2.16. The summed E-state index contributed by atoms with van der Waals surface area (Å²) < 4.78 is 0. The first kappa shape index (κ1) is 16.2. The van der Waals surface area contributed by atoms with Gasteiger partial charge in [0.15, 0.2) is 0 Å². The molecule has 0 saturated carbocycles. The molecule has 0 aliphatic carbocycles. The first-order valence-electron chi connectivity index (χ1n) is 5.02. The van der Waals surface area contributed by atoms with Crippen molar-refractivity contribution < 1.29 is 19.8 Å². The number of hydrogen-bond acceptors (Lipinski definition) is 3. The van der Waals surface area contributed by atoms with Crippen LogP contribution < -0.4 is 11.5 Å². The molecular weight excluding hydrogens is 260 g/mol. The van der Waals surface area contributed by atoms with Crippen molar-refractivity contribution in [3.63, 3.8) is 0 Å². The van der Waals surface area contributed by atoms with Crippen LogP contribution in [0.1, 0.15) is 17.9 Å². The van der Waals surface area contributed by atoms with E-state index in [1.54, 1.807) is 12.1 Å². The molecule has 100 valence electrons. The van der Waals surface area contributed by atoms with Crippen LogP contribution in [-0.2, 0) is 4.79 Å². The van der Waals surface area contributed by atoms with Crippen LogP contribution in [0.15, 0.2) is 24.3 Å². The highest BCUT2D eigenvalue weighted by Gasteiger charge is 2.13. The molecule has 7 heteroatoms. The Balaban J connectivity index is 0.000000631. The minimum absolute atomic E-state index is 0.0537. The number of carboxylic acids is 1. The summed E-state index contributed by atoms with van der Waals surface area (Å²) in [5, 5.41) is 16.5. The molecule has 1 rings (SSSR count). The second kappa shape index (κ2) is 8.32. The van der Waals surface area contributed by atoms with Crippen LogP contribution in [0.5, 0.6) is 0 Å². The molecule has 6 N–H and O–H groups in total. The molecule has 0 fully saturated rings. The molecule has 6 nitrogen and oxygen atoms in total. The van der Waals surface area contributed by atoms with Gasteiger partial charge in [-0.25, -0.2) is 4.79 Å². The van der Waals surface area contributed by atoms with E-state index in [0.717, 1.165) is 5.56 Å². The Hall–Kier alpha value is -1.79. The van der Waals surface area contributed by atoms with Gasteiger partial charge in [0.1, 0.15) is 0 Å². The van der Waals surface area contributed by atoms with E-state index in [9.17, 15) is 4.79 Å². The summed E-state index contributed by atoms with van der Waals surface area (Å²) in [4.78, 5) is 19.3. The highest BCUT2D eigenvalue weighted by molar-refractivity contribution is 6.30. The van der Waals surface area contributed by atoms with Gasteiger partial charge in [-0.15, -0.1) is 0 Å². The van der Waals surface area contributed by atoms with E-state index in [4.69, 9.17) is 32.3 Å². The Labute approximate surface area is 109 Å². The summed E-state index contributed by atoms with van der Waals surface area (Å²) >= 11 is 5.72. The number of benzene rings is 1. The number of aliphatic carboxylic acids is 1. The van der Waals surface area contributed by atoms with E-state index in [2.05, 4.69) is 5.73 Å². The van der Waals surface area contributed by atoms with Gasteiger partial charge in [0.05, 0.1) is 6.42 Å². The number of carbonyl (C=O) groups is 2. The third-order valence-electron chi connectivity index (χ3n) is 2.05. The van der Waals surface area contributed by atoms with Crippen LogP contribution in [0, 0.1) is 0 Å². The van der Waals surface area contributed by atoms with E-state index in [1.807, 2.05) is 12.1 Å². The van der Waals surface area contributed by atoms with E-state index in [1.165, 1.54) is 0 Å². The lowest BCUT2D eigenvalue weighted by atomic mass is 9.96. The van der Waals surface area contributed by atoms with Gasteiger partial charge in [-0.1, -0.05) is 23.7 Å². The fourth-order valence-corrected chi connectivity index (χ4v) is 1.41. The molecule has 0 aliphatic rings. The molecule has 0 saturated heterocycles. The summed E-state index contributed by atoms with van der Waals surface area (Å²) in [7, 11) is 0. The standard InChI is InChI=1S/C10H12ClNO2.CH3NO2/c11-9-3-1-7(2-4-9)8(6-12)5-10(13)14;2-1(3)4/h1-4,8H,5-6,12H2,(H,13,14);2H2,(H,3,4). The maximum Gasteiger partial charge on any atom is 0.402 e. The zero-order chi connectivity index (χ0) is 14.1. The molecule has 0 aliphatic heterocycles. The van der Waals surface area contributed by atoms with Crippen molar-refractivity contribution in [1.82, 2.24) is 0 Å². The molecule has 1 amide bonds. The largest absolute Gasteiger partial charge is 0.481 e. The van der Waals surface area contributed by atoms with Gasteiger partial charge >= 0.3 is 12.1 Å². The SMILES string of the molecule is NC(=O)O.NCC(CC(=O)O)c1ccc(Cl)cc1. The van der Waals surface area contributed by atoms with Gasteiger partial charge in [0.2, 0.25) is 0 Å². The van der Waals surface area contributed by atoms with Gasteiger partial charge in [-0.05, 0) is 24.2 Å². The molecule has 0 heterocycles. The highest BCUT2D eigenvalue weighted by atomic mass is 35.5. The lowest BCUT2D eigenvalue weighted by Gasteiger charge is -2.12. The van der Waals surface area contributed by atoms with Gasteiger partial charge in [-0.3, -0.25) is 4.79 Å². The average Bonchev–Trinajstić information content (AvgIpc) is 2.26. The van der Waals surface area contributed by atoms with Crippen molar-refractivity contribution in [2.75, 3.05) is 6.54 Å². The molecular formula is C11H15ClN2O4. The summed E-state index contributed by atoms with van der Waals surface area (Å²) in [6, 6.07) is 7.09. The number of amides is 1. The number of halogens is 1. The fraction of sp³-hybridized carbons (Fsp3) is 0.273. The van der Waals surface area contributed by atoms with Crippen LogP contribution in [0.2, 0.25) is 5.02 Å². The van der Waals surface area contributed by atoms with Crippen molar-refractivity contribution in [2.45, 2.75) is 12.3 Å². The van der Waals surface area contributed by atoms with Gasteiger partial charge in [0.25, 0.3) is 0 Å². The topological polar surface area (TPSA) is 127 Å². The molecule has 1 unspecified atom stereocenters. The Bertz CT molecular complexity index is 391. The first-order chi connectivity index (χ1) is 8.36. The minimum Gasteiger partial charge on any atom is -0.481 e. The van der Waals surface area contributed by atoms with E-state index in [-0.39, 0.29) is 12.3 Å².